The van der Waals surface area contributed by atoms with Gasteiger partial charge in [0, 0.05) is 10.9 Å². The minimum absolute atomic E-state index is 0.0864. The lowest BCUT2D eigenvalue weighted by Crippen LogP contribution is -2.54. The monoisotopic (exact) mass is 521 g/mol. The van der Waals surface area contributed by atoms with E-state index in [1.807, 2.05) is 25.1 Å². The summed E-state index contributed by atoms with van der Waals surface area (Å²) in [5.41, 5.74) is 3.22. The van der Waals surface area contributed by atoms with Crippen LogP contribution in [0.3, 0.4) is 0 Å². The second kappa shape index (κ2) is 11.4. The van der Waals surface area contributed by atoms with E-state index in [9.17, 15) is 19.2 Å². The third kappa shape index (κ3) is 6.66. The number of ketones is 1. The summed E-state index contributed by atoms with van der Waals surface area (Å²) in [5, 5.41) is 15.3. The third-order valence-corrected chi connectivity index (χ3v) is 5.98. The highest BCUT2D eigenvalue weighted by Crippen LogP contribution is 2.28. The molecular weight excluding hydrogens is 490 g/mol. The van der Waals surface area contributed by atoms with Gasteiger partial charge in [-0.25, -0.2) is 0 Å². The van der Waals surface area contributed by atoms with Gasteiger partial charge >= 0.3 is 5.97 Å². The first-order valence-corrected chi connectivity index (χ1v) is 12.1. The number of carboxylic acid groups (broad SMARTS) is 1. The second-order valence-corrected chi connectivity index (χ2v) is 9.59. The lowest BCUT2D eigenvalue weighted by molar-refractivity contribution is -0.140. The van der Waals surface area contributed by atoms with Crippen LogP contribution < -0.4 is 10.6 Å². The molecule has 2 atom stereocenters. The van der Waals surface area contributed by atoms with Crippen molar-refractivity contribution in [1.82, 2.24) is 15.6 Å². The number of amides is 2. The molecule has 0 fully saturated rings. The van der Waals surface area contributed by atoms with Crippen molar-refractivity contribution in [2.45, 2.75) is 59.5 Å². The minimum atomic E-state index is -1.20. The number of H-pyrrole nitrogens is 1. The first-order chi connectivity index (χ1) is 15.5. The van der Waals surface area contributed by atoms with E-state index in [1.165, 1.54) is 0 Å². The molecule has 0 spiro atoms. The predicted octanol–water partition coefficient (Wildman–Crippen LogP) is 3.35. The van der Waals surface area contributed by atoms with Crippen LogP contribution in [0.2, 0.25) is 0 Å². The van der Waals surface area contributed by atoms with Crippen molar-refractivity contribution in [2.24, 2.45) is 11.8 Å². The first-order valence-electron chi connectivity index (χ1n) is 11.0. The molecule has 1 aromatic heterocycles. The van der Waals surface area contributed by atoms with Gasteiger partial charge in [0.25, 0.3) is 5.91 Å². The standard InChI is InChI=1S/C24H32BrN3O5/c1-12(2)9-15-20-14(5)7-6-8-16(20)26-22(15)24(33)28-21(13(3)4)23(32)27-17(10-19(30)31)18(29)11-25/h6-8,12-13,17,21,26H,9-11H2,1-5H3,(H,27,32)(H,28,33)(H,30,31)/t17?,21-/m0/s1. The largest absolute Gasteiger partial charge is 0.481 e. The normalized spacial score (nSPS) is 13.2. The molecule has 2 rings (SSSR count). The molecular formula is C24H32BrN3O5. The molecule has 2 aromatic rings. The molecule has 1 unspecified atom stereocenters. The molecule has 0 aliphatic heterocycles. The van der Waals surface area contributed by atoms with E-state index in [-0.39, 0.29) is 11.2 Å². The van der Waals surface area contributed by atoms with E-state index in [0.29, 0.717) is 18.0 Å². The van der Waals surface area contributed by atoms with E-state index in [0.717, 1.165) is 22.0 Å². The first kappa shape index (κ1) is 26.6. The second-order valence-electron chi connectivity index (χ2n) is 9.03. The molecule has 1 aromatic carbocycles. The summed E-state index contributed by atoms with van der Waals surface area (Å²) in [6.45, 7) is 9.69. The molecule has 0 saturated heterocycles. The molecule has 0 aliphatic carbocycles. The van der Waals surface area contributed by atoms with Gasteiger partial charge in [-0.1, -0.05) is 55.8 Å². The molecule has 180 valence electrons. The van der Waals surface area contributed by atoms with Crippen LogP contribution in [0.25, 0.3) is 10.9 Å². The lowest BCUT2D eigenvalue weighted by Gasteiger charge is -2.24. The summed E-state index contributed by atoms with van der Waals surface area (Å²) >= 11 is 3.01. The number of benzene rings is 1. The summed E-state index contributed by atoms with van der Waals surface area (Å²) in [6, 6.07) is 3.70. The summed E-state index contributed by atoms with van der Waals surface area (Å²) in [4.78, 5) is 52.7. The maximum Gasteiger partial charge on any atom is 0.305 e. The summed E-state index contributed by atoms with van der Waals surface area (Å²) in [5.74, 6) is -2.66. The lowest BCUT2D eigenvalue weighted by atomic mass is 9.96. The van der Waals surface area contributed by atoms with Crippen molar-refractivity contribution in [3.05, 3.63) is 35.0 Å². The number of Topliss-reactive ketones (excluding diaryl/α,β-unsaturated/α-hetero) is 1. The number of carboxylic acids is 1. The average molecular weight is 522 g/mol. The Morgan fingerprint density at radius 2 is 1.76 bits per heavy atom. The number of nitrogens with one attached hydrogen (secondary N) is 3. The Balaban J connectivity index is 2.34. The van der Waals surface area contributed by atoms with Crippen molar-refractivity contribution < 1.29 is 24.3 Å². The smallest absolute Gasteiger partial charge is 0.305 e. The molecule has 0 saturated carbocycles. The van der Waals surface area contributed by atoms with E-state index < -0.39 is 42.1 Å². The Kier molecular flexibility index (Phi) is 9.22. The highest BCUT2D eigenvalue weighted by atomic mass is 79.9. The number of aryl methyl sites for hydroxylation is 1. The SMILES string of the molecule is Cc1cccc2[nH]c(C(=O)N[C@H](C(=O)NC(CC(=O)O)C(=O)CBr)C(C)C)c(CC(C)C)c12. The zero-order valence-electron chi connectivity index (χ0n) is 19.6. The van der Waals surface area contributed by atoms with E-state index >= 15 is 0 Å². The fraction of sp³-hybridized carbons (Fsp3) is 0.500. The van der Waals surface area contributed by atoms with Crippen molar-refractivity contribution >= 4 is 50.4 Å². The maximum absolute atomic E-state index is 13.3. The number of carbonyl (C=O) groups is 4. The summed E-state index contributed by atoms with van der Waals surface area (Å²) < 4.78 is 0. The Bertz CT molecular complexity index is 1040. The van der Waals surface area contributed by atoms with E-state index in [4.69, 9.17) is 5.11 Å². The number of aliphatic carboxylic acids is 1. The van der Waals surface area contributed by atoms with E-state index in [2.05, 4.69) is 45.4 Å². The van der Waals surface area contributed by atoms with Crippen LogP contribution in [0.5, 0.6) is 0 Å². The van der Waals surface area contributed by atoms with Crippen LogP contribution in [0, 0.1) is 18.8 Å². The van der Waals surface area contributed by atoms with Gasteiger partial charge in [0.15, 0.2) is 5.78 Å². The van der Waals surface area contributed by atoms with Gasteiger partial charge < -0.3 is 20.7 Å². The number of halogens is 1. The van der Waals surface area contributed by atoms with Crippen LogP contribution in [0.15, 0.2) is 18.2 Å². The Labute approximate surface area is 202 Å². The van der Waals surface area contributed by atoms with Crippen molar-refractivity contribution in [3.8, 4) is 0 Å². The molecule has 4 N–H and O–H groups in total. The Morgan fingerprint density at radius 3 is 2.30 bits per heavy atom. The van der Waals surface area contributed by atoms with Crippen molar-refractivity contribution in [3.63, 3.8) is 0 Å². The molecule has 0 aliphatic rings. The minimum Gasteiger partial charge on any atom is -0.481 e. The fourth-order valence-electron chi connectivity index (χ4n) is 3.84. The Hall–Kier alpha value is -2.68. The topological polar surface area (TPSA) is 128 Å². The number of rotatable bonds is 11. The number of aromatic nitrogens is 1. The number of aromatic amines is 1. The maximum atomic E-state index is 13.3. The summed E-state index contributed by atoms with van der Waals surface area (Å²) in [7, 11) is 0. The number of hydrogen-bond donors (Lipinski definition) is 4. The molecule has 8 nitrogen and oxygen atoms in total. The summed E-state index contributed by atoms with van der Waals surface area (Å²) in [6.07, 6.45) is 0.154. The molecule has 9 heteroatoms. The van der Waals surface area contributed by atoms with Crippen LogP contribution in [0.4, 0.5) is 0 Å². The zero-order valence-corrected chi connectivity index (χ0v) is 21.2. The highest BCUT2D eigenvalue weighted by Gasteiger charge is 2.31. The van der Waals surface area contributed by atoms with Gasteiger partial charge in [-0.15, -0.1) is 0 Å². The van der Waals surface area contributed by atoms with Gasteiger partial charge in [-0.05, 0) is 42.4 Å². The average Bonchev–Trinajstić information content (AvgIpc) is 3.09. The fourth-order valence-corrected chi connectivity index (χ4v) is 4.23. The van der Waals surface area contributed by atoms with Gasteiger partial charge in [0.2, 0.25) is 5.91 Å². The zero-order chi connectivity index (χ0) is 24.9. The van der Waals surface area contributed by atoms with Crippen LogP contribution in [-0.2, 0) is 20.8 Å². The molecule has 33 heavy (non-hydrogen) atoms. The Morgan fingerprint density at radius 1 is 1.09 bits per heavy atom. The number of hydrogen-bond acceptors (Lipinski definition) is 4. The molecule has 0 bridgehead atoms. The van der Waals surface area contributed by atoms with Crippen LogP contribution >= 0.6 is 15.9 Å². The number of fused-ring (bicyclic) bond motifs is 1. The quantitative estimate of drug-likeness (QED) is 0.337. The predicted molar refractivity (Wildman–Crippen MR) is 131 cm³/mol. The number of alkyl halides is 1. The number of carbonyl (C=O) groups excluding carboxylic acids is 3. The van der Waals surface area contributed by atoms with Gasteiger partial charge in [0.05, 0.1) is 17.8 Å². The highest BCUT2D eigenvalue weighted by molar-refractivity contribution is 9.09. The van der Waals surface area contributed by atoms with Gasteiger partial charge in [-0.2, -0.15) is 0 Å². The van der Waals surface area contributed by atoms with Crippen LogP contribution in [0.1, 0.15) is 55.7 Å². The third-order valence-electron chi connectivity index (χ3n) is 5.43. The van der Waals surface area contributed by atoms with Crippen molar-refractivity contribution in [1.29, 1.82) is 0 Å². The van der Waals surface area contributed by atoms with Gasteiger partial charge in [-0.3, -0.25) is 19.2 Å². The molecule has 0 radical (unpaired) electrons. The van der Waals surface area contributed by atoms with Gasteiger partial charge in [0.1, 0.15) is 11.7 Å². The van der Waals surface area contributed by atoms with Crippen LogP contribution in [-0.4, -0.2) is 51.1 Å². The van der Waals surface area contributed by atoms with Crippen molar-refractivity contribution in [2.75, 3.05) is 5.33 Å². The molecule has 1 heterocycles. The molecule has 2 amide bonds. The van der Waals surface area contributed by atoms with E-state index in [1.54, 1.807) is 13.8 Å².